The van der Waals surface area contributed by atoms with E-state index >= 15 is 0 Å². The number of hydrogen-bond donors (Lipinski definition) is 3. The molecule has 2 saturated carbocycles. The predicted molar refractivity (Wildman–Crippen MR) is 130 cm³/mol. The molecule has 5 rings (SSSR count). The lowest BCUT2D eigenvalue weighted by Gasteiger charge is -2.37. The summed E-state index contributed by atoms with van der Waals surface area (Å²) in [5, 5.41) is 13.6. The first-order valence-electron chi connectivity index (χ1n) is 11.8. The molecule has 0 aromatic carbocycles. The minimum atomic E-state index is -0.223. The van der Waals surface area contributed by atoms with Crippen molar-refractivity contribution in [2.45, 2.75) is 63.1 Å². The molecule has 1 amide bonds. The molecular weight excluding hydrogens is 434 g/mol. The fourth-order valence-electron chi connectivity index (χ4n) is 4.72. The number of hydrogen-bond acceptors (Lipinski definition) is 7. The maximum absolute atomic E-state index is 13.4. The number of methoxy groups -OCH3 is 1. The van der Waals surface area contributed by atoms with Crippen molar-refractivity contribution in [1.82, 2.24) is 24.5 Å². The lowest BCUT2D eigenvalue weighted by atomic mass is 9.83. The maximum Gasteiger partial charge on any atom is 0.274 e. The van der Waals surface area contributed by atoms with Crippen molar-refractivity contribution in [3.63, 3.8) is 0 Å². The van der Waals surface area contributed by atoms with E-state index in [1.165, 1.54) is 6.20 Å². The van der Waals surface area contributed by atoms with Gasteiger partial charge in [-0.15, -0.1) is 0 Å². The van der Waals surface area contributed by atoms with Gasteiger partial charge < -0.3 is 25.3 Å². The summed E-state index contributed by atoms with van der Waals surface area (Å²) in [6.07, 6.45) is 9.08. The number of aromatic nitrogens is 4. The summed E-state index contributed by atoms with van der Waals surface area (Å²) in [5.41, 5.74) is 0.917. The van der Waals surface area contributed by atoms with Gasteiger partial charge in [0, 0.05) is 38.5 Å². The Morgan fingerprint density at radius 1 is 1.29 bits per heavy atom. The topological polar surface area (TPSA) is 115 Å². The van der Waals surface area contributed by atoms with Crippen molar-refractivity contribution in [3.8, 4) is 0 Å². The minimum absolute atomic E-state index is 0.0730. The Hall–Kier alpha value is -3.40. The molecule has 10 nitrogen and oxygen atoms in total. The molecule has 3 N–H and O–H groups in total. The van der Waals surface area contributed by atoms with Crippen LogP contribution in [0.4, 0.5) is 17.3 Å². The summed E-state index contributed by atoms with van der Waals surface area (Å²) in [5.74, 6) is 0.917. The number of ether oxygens (including phenoxy) is 1. The van der Waals surface area contributed by atoms with Crippen molar-refractivity contribution in [3.05, 3.63) is 46.5 Å². The zero-order chi connectivity index (χ0) is 23.9. The van der Waals surface area contributed by atoms with E-state index in [9.17, 15) is 9.59 Å². The second kappa shape index (κ2) is 8.75. The molecule has 34 heavy (non-hydrogen) atoms. The molecule has 0 radical (unpaired) electrons. The monoisotopic (exact) mass is 465 g/mol. The van der Waals surface area contributed by atoms with Gasteiger partial charge in [-0.25, -0.2) is 4.98 Å². The highest BCUT2D eigenvalue weighted by Gasteiger charge is 2.33. The van der Waals surface area contributed by atoms with Gasteiger partial charge in [-0.1, -0.05) is 0 Å². The molecule has 3 heterocycles. The smallest absolute Gasteiger partial charge is 0.274 e. The Morgan fingerprint density at radius 3 is 2.85 bits per heavy atom. The molecule has 2 atom stereocenters. The molecule has 2 aliphatic carbocycles. The Bertz CT molecular complexity index is 1280. The lowest BCUT2D eigenvalue weighted by molar-refractivity contribution is -0.0375. The Kier molecular flexibility index (Phi) is 5.76. The molecule has 0 bridgehead atoms. The van der Waals surface area contributed by atoms with Gasteiger partial charge in [0.15, 0.2) is 5.65 Å². The third kappa shape index (κ3) is 4.25. The van der Waals surface area contributed by atoms with E-state index in [2.05, 4.69) is 33.0 Å². The first kappa shape index (κ1) is 22.4. The number of nitrogens with zero attached hydrogens (tertiary/aromatic N) is 4. The summed E-state index contributed by atoms with van der Waals surface area (Å²) >= 11 is 0. The van der Waals surface area contributed by atoms with Gasteiger partial charge in [0.05, 0.1) is 11.8 Å². The van der Waals surface area contributed by atoms with E-state index in [1.807, 2.05) is 12.3 Å². The van der Waals surface area contributed by atoms with Crippen LogP contribution in [0, 0.1) is 0 Å². The van der Waals surface area contributed by atoms with Gasteiger partial charge >= 0.3 is 0 Å². The van der Waals surface area contributed by atoms with Crippen LogP contribution in [0.2, 0.25) is 0 Å². The molecule has 0 aliphatic heterocycles. The number of carbonyl (C=O) groups excluding carboxylic acids is 1. The first-order chi connectivity index (χ1) is 16.4. The molecule has 3 aromatic rings. The third-order valence-corrected chi connectivity index (χ3v) is 6.92. The van der Waals surface area contributed by atoms with E-state index in [1.54, 1.807) is 35.4 Å². The molecule has 2 aliphatic rings. The van der Waals surface area contributed by atoms with Crippen LogP contribution in [-0.4, -0.2) is 50.9 Å². The third-order valence-electron chi connectivity index (χ3n) is 6.92. The Labute approximate surface area is 197 Å². The van der Waals surface area contributed by atoms with E-state index in [0.29, 0.717) is 28.5 Å². The number of carbonyl (C=O) groups is 1. The SMILES string of the molecule is CNc1cc(Nc2cccn(C3CCC[C@@](C)(OC)C3)c2=O)nc2c(C(=O)NC3CC3)cnn12. The molecule has 0 saturated heterocycles. The normalized spacial score (nSPS) is 22.5. The predicted octanol–water partition coefficient (Wildman–Crippen LogP) is 3.09. The van der Waals surface area contributed by atoms with E-state index in [-0.39, 0.29) is 29.2 Å². The summed E-state index contributed by atoms with van der Waals surface area (Å²) in [4.78, 5) is 30.7. The van der Waals surface area contributed by atoms with Crippen LogP contribution in [0.25, 0.3) is 5.65 Å². The zero-order valence-electron chi connectivity index (χ0n) is 19.8. The molecule has 3 aromatic heterocycles. The highest BCUT2D eigenvalue weighted by Crippen LogP contribution is 2.36. The van der Waals surface area contributed by atoms with E-state index < -0.39 is 0 Å². The van der Waals surface area contributed by atoms with Gasteiger partial charge in [0.25, 0.3) is 11.5 Å². The molecule has 0 spiro atoms. The van der Waals surface area contributed by atoms with Gasteiger partial charge in [0.1, 0.15) is 22.9 Å². The van der Waals surface area contributed by atoms with Crippen LogP contribution < -0.4 is 21.5 Å². The number of anilines is 3. The van der Waals surface area contributed by atoms with Crippen LogP contribution >= 0.6 is 0 Å². The van der Waals surface area contributed by atoms with Crippen molar-refractivity contribution in [2.75, 3.05) is 24.8 Å². The van der Waals surface area contributed by atoms with Crippen LogP contribution in [0.15, 0.2) is 35.4 Å². The van der Waals surface area contributed by atoms with Gasteiger partial charge in [-0.2, -0.15) is 9.61 Å². The second-order valence-corrected chi connectivity index (χ2v) is 9.48. The van der Waals surface area contributed by atoms with Gasteiger partial charge in [-0.05, 0) is 57.6 Å². The number of nitrogens with one attached hydrogen (secondary N) is 3. The summed E-state index contributed by atoms with van der Waals surface area (Å²) in [6, 6.07) is 5.69. The average Bonchev–Trinajstić information content (AvgIpc) is 3.55. The number of pyridine rings is 1. The standard InChI is InChI=1S/C24H31N7O3/c1-24(34-3)10-4-6-16(13-24)30-11-5-7-18(23(30)33)28-19-12-20(25-2)31-21(29-19)17(14-26-31)22(32)27-15-8-9-15/h5,7,11-12,14-16,25H,4,6,8-10,13H2,1-3H3,(H,27,32)(H,28,29)/t16?,24-/m1/s1. The highest BCUT2D eigenvalue weighted by molar-refractivity contribution is 6.00. The Balaban J connectivity index is 1.46. The first-order valence-corrected chi connectivity index (χ1v) is 11.8. The summed E-state index contributed by atoms with van der Waals surface area (Å²) < 4.78 is 9.11. The molecule has 180 valence electrons. The van der Waals surface area contributed by atoms with Gasteiger partial charge in [0.2, 0.25) is 0 Å². The van der Waals surface area contributed by atoms with Crippen LogP contribution in [0.3, 0.4) is 0 Å². The fourth-order valence-corrected chi connectivity index (χ4v) is 4.72. The molecule has 1 unspecified atom stereocenters. The largest absolute Gasteiger partial charge is 0.378 e. The zero-order valence-corrected chi connectivity index (χ0v) is 19.8. The van der Waals surface area contributed by atoms with Crippen LogP contribution in [0.5, 0.6) is 0 Å². The minimum Gasteiger partial charge on any atom is -0.378 e. The maximum atomic E-state index is 13.4. The fraction of sp³-hybridized carbons (Fsp3) is 0.500. The molecular formula is C24H31N7O3. The summed E-state index contributed by atoms with van der Waals surface area (Å²) in [7, 11) is 3.51. The molecule has 10 heteroatoms. The highest BCUT2D eigenvalue weighted by atomic mass is 16.5. The van der Waals surface area contributed by atoms with E-state index in [4.69, 9.17) is 4.74 Å². The Morgan fingerprint density at radius 2 is 2.12 bits per heavy atom. The number of amides is 1. The van der Waals surface area contributed by atoms with Crippen LogP contribution in [-0.2, 0) is 4.74 Å². The van der Waals surface area contributed by atoms with Crippen molar-refractivity contribution in [1.29, 1.82) is 0 Å². The van der Waals surface area contributed by atoms with Crippen molar-refractivity contribution < 1.29 is 9.53 Å². The van der Waals surface area contributed by atoms with E-state index in [0.717, 1.165) is 38.5 Å². The average molecular weight is 466 g/mol. The molecule has 2 fully saturated rings. The van der Waals surface area contributed by atoms with Crippen LogP contribution in [0.1, 0.15) is 61.8 Å². The quantitative estimate of drug-likeness (QED) is 0.491. The second-order valence-electron chi connectivity index (χ2n) is 9.48. The number of fused-ring (bicyclic) bond motifs is 1. The lowest BCUT2D eigenvalue weighted by Crippen LogP contribution is -2.38. The number of rotatable bonds is 7. The van der Waals surface area contributed by atoms with Crippen molar-refractivity contribution in [2.24, 2.45) is 0 Å². The van der Waals surface area contributed by atoms with Gasteiger partial charge in [-0.3, -0.25) is 9.59 Å². The summed E-state index contributed by atoms with van der Waals surface area (Å²) in [6.45, 7) is 2.10. The van der Waals surface area contributed by atoms with Crippen molar-refractivity contribution >= 4 is 28.9 Å².